The van der Waals surface area contributed by atoms with Gasteiger partial charge in [0.1, 0.15) is 12.1 Å². The number of ether oxygens (including phenoxy) is 1. The van der Waals surface area contributed by atoms with Gasteiger partial charge in [0.05, 0.1) is 6.61 Å². The predicted octanol–water partition coefficient (Wildman–Crippen LogP) is -1.05. The highest BCUT2D eigenvalue weighted by Gasteiger charge is 2.25. The third kappa shape index (κ3) is 3.49. The average molecular weight is 216 g/mol. The topological polar surface area (TPSA) is 87.7 Å². The van der Waals surface area contributed by atoms with Crippen molar-refractivity contribution in [3.8, 4) is 0 Å². The molecule has 0 aromatic carbocycles. The van der Waals surface area contributed by atoms with E-state index in [-0.39, 0.29) is 5.91 Å². The lowest BCUT2D eigenvalue weighted by Crippen LogP contribution is -2.51. The molecule has 2 atom stereocenters. The molecule has 1 heterocycles. The molecule has 15 heavy (non-hydrogen) atoms. The molecular formula is C9H16N2O4. The summed E-state index contributed by atoms with van der Waals surface area (Å²) >= 11 is 0. The zero-order chi connectivity index (χ0) is 11.3. The lowest BCUT2D eigenvalue weighted by Gasteiger charge is -2.24. The van der Waals surface area contributed by atoms with Crippen molar-refractivity contribution < 1.29 is 19.4 Å². The van der Waals surface area contributed by atoms with Crippen molar-refractivity contribution in [2.24, 2.45) is 0 Å². The fourth-order valence-corrected chi connectivity index (χ4v) is 1.34. The molecule has 1 aliphatic heterocycles. The number of carbonyl (C=O) groups excluding carboxylic acids is 1. The minimum absolute atomic E-state index is 0.362. The number of carboxylic acids is 1. The van der Waals surface area contributed by atoms with Crippen LogP contribution in [0.1, 0.15) is 13.3 Å². The van der Waals surface area contributed by atoms with E-state index in [4.69, 9.17) is 9.84 Å². The van der Waals surface area contributed by atoms with Gasteiger partial charge in [0.25, 0.3) is 5.91 Å². The van der Waals surface area contributed by atoms with Gasteiger partial charge in [-0.25, -0.2) is 4.79 Å². The molecule has 3 N–H and O–H groups in total. The normalized spacial score (nSPS) is 23.1. The summed E-state index contributed by atoms with van der Waals surface area (Å²) < 4.78 is 5.20. The van der Waals surface area contributed by atoms with Crippen LogP contribution in [0.3, 0.4) is 0 Å². The van der Waals surface area contributed by atoms with Gasteiger partial charge in [-0.15, -0.1) is 0 Å². The lowest BCUT2D eigenvalue weighted by atomic mass is 10.2. The first-order valence-corrected chi connectivity index (χ1v) is 5.00. The van der Waals surface area contributed by atoms with Crippen molar-refractivity contribution in [1.82, 2.24) is 10.6 Å². The maximum Gasteiger partial charge on any atom is 0.326 e. The summed E-state index contributed by atoms with van der Waals surface area (Å²) in [6.45, 7) is 3.34. The molecule has 1 rings (SSSR count). The first kappa shape index (κ1) is 11.9. The summed E-state index contributed by atoms with van der Waals surface area (Å²) in [5.74, 6) is -1.38. The third-order valence-corrected chi connectivity index (χ3v) is 2.24. The Balaban J connectivity index is 2.42. The second-order valence-electron chi connectivity index (χ2n) is 3.37. The van der Waals surface area contributed by atoms with Gasteiger partial charge in [-0.3, -0.25) is 4.79 Å². The Bertz CT molecular complexity index is 238. The van der Waals surface area contributed by atoms with Gasteiger partial charge in [0, 0.05) is 13.1 Å². The number of carboxylic acid groups (broad SMARTS) is 1. The van der Waals surface area contributed by atoms with Crippen LogP contribution in [0.25, 0.3) is 0 Å². The molecule has 1 fully saturated rings. The first-order valence-electron chi connectivity index (χ1n) is 5.00. The van der Waals surface area contributed by atoms with Crippen LogP contribution in [0.4, 0.5) is 0 Å². The Morgan fingerprint density at radius 3 is 2.87 bits per heavy atom. The van der Waals surface area contributed by atoms with Crippen LogP contribution in [0.2, 0.25) is 0 Å². The Labute approximate surface area is 88.0 Å². The Morgan fingerprint density at radius 1 is 1.67 bits per heavy atom. The van der Waals surface area contributed by atoms with Crippen LogP contribution in [0.15, 0.2) is 0 Å². The quantitative estimate of drug-likeness (QED) is 0.558. The van der Waals surface area contributed by atoms with Crippen LogP contribution >= 0.6 is 0 Å². The van der Waals surface area contributed by atoms with Crippen molar-refractivity contribution in [3.05, 3.63) is 0 Å². The molecule has 6 nitrogen and oxygen atoms in total. The van der Waals surface area contributed by atoms with E-state index in [0.717, 1.165) is 6.54 Å². The molecule has 6 heteroatoms. The first-order chi connectivity index (χ1) is 7.15. The van der Waals surface area contributed by atoms with Gasteiger partial charge in [-0.1, -0.05) is 6.92 Å². The summed E-state index contributed by atoms with van der Waals surface area (Å²) in [5.41, 5.74) is 0. The van der Waals surface area contributed by atoms with Gasteiger partial charge in [0.15, 0.2) is 0 Å². The van der Waals surface area contributed by atoms with Crippen LogP contribution in [-0.2, 0) is 14.3 Å². The van der Waals surface area contributed by atoms with E-state index < -0.39 is 18.1 Å². The Morgan fingerprint density at radius 2 is 2.40 bits per heavy atom. The Hall–Kier alpha value is -1.14. The largest absolute Gasteiger partial charge is 0.480 e. The maximum absolute atomic E-state index is 11.5. The molecule has 86 valence electrons. The van der Waals surface area contributed by atoms with E-state index >= 15 is 0 Å². The van der Waals surface area contributed by atoms with E-state index in [9.17, 15) is 9.59 Å². The highest BCUT2D eigenvalue weighted by Crippen LogP contribution is 1.98. The summed E-state index contributed by atoms with van der Waals surface area (Å²) in [5, 5.41) is 14.2. The van der Waals surface area contributed by atoms with Gasteiger partial charge in [-0.2, -0.15) is 0 Å². The molecule has 0 aliphatic carbocycles. The fourth-order valence-electron chi connectivity index (χ4n) is 1.34. The van der Waals surface area contributed by atoms with Gasteiger partial charge in [-0.05, 0) is 6.42 Å². The highest BCUT2D eigenvalue weighted by atomic mass is 16.5. The number of rotatable bonds is 4. The van der Waals surface area contributed by atoms with Crippen LogP contribution in [-0.4, -0.2) is 48.8 Å². The van der Waals surface area contributed by atoms with E-state index in [1.807, 2.05) is 0 Å². The van der Waals surface area contributed by atoms with Crippen LogP contribution in [0, 0.1) is 0 Å². The molecule has 0 radical (unpaired) electrons. The van der Waals surface area contributed by atoms with Crippen molar-refractivity contribution >= 4 is 11.9 Å². The molecule has 0 bridgehead atoms. The predicted molar refractivity (Wildman–Crippen MR) is 52.5 cm³/mol. The molecular weight excluding hydrogens is 200 g/mol. The number of nitrogens with one attached hydrogen (secondary N) is 2. The van der Waals surface area contributed by atoms with Crippen LogP contribution in [0.5, 0.6) is 0 Å². The molecule has 1 aliphatic rings. The summed E-state index contributed by atoms with van der Waals surface area (Å²) in [7, 11) is 0. The van der Waals surface area contributed by atoms with E-state index in [2.05, 4.69) is 10.6 Å². The summed E-state index contributed by atoms with van der Waals surface area (Å²) in [4.78, 5) is 22.2. The van der Waals surface area contributed by atoms with Crippen LogP contribution < -0.4 is 10.6 Å². The number of aliphatic carboxylic acids is 1. The number of hydrogen-bond acceptors (Lipinski definition) is 4. The average Bonchev–Trinajstić information content (AvgIpc) is 2.26. The smallest absolute Gasteiger partial charge is 0.326 e. The molecule has 0 aromatic rings. The SMILES string of the molecule is CC[C@@H](NC(=O)C1CNCCO1)C(=O)O. The van der Waals surface area contributed by atoms with Gasteiger partial charge < -0.3 is 20.5 Å². The highest BCUT2D eigenvalue weighted by molar-refractivity contribution is 5.86. The number of hydrogen-bond donors (Lipinski definition) is 3. The number of morpholine rings is 1. The van der Waals surface area contributed by atoms with E-state index in [1.54, 1.807) is 6.92 Å². The van der Waals surface area contributed by atoms with Crippen molar-refractivity contribution in [2.75, 3.05) is 19.7 Å². The number of amides is 1. The van der Waals surface area contributed by atoms with E-state index in [0.29, 0.717) is 19.6 Å². The van der Waals surface area contributed by atoms with Gasteiger partial charge >= 0.3 is 5.97 Å². The Kier molecular flexibility index (Phi) is 4.51. The monoisotopic (exact) mass is 216 g/mol. The summed E-state index contributed by atoms with van der Waals surface area (Å²) in [6, 6.07) is -0.831. The second-order valence-corrected chi connectivity index (χ2v) is 3.37. The molecule has 0 aromatic heterocycles. The zero-order valence-corrected chi connectivity index (χ0v) is 8.66. The fraction of sp³-hybridized carbons (Fsp3) is 0.778. The summed E-state index contributed by atoms with van der Waals surface area (Å²) in [6.07, 6.45) is -0.214. The number of carbonyl (C=O) groups is 2. The molecule has 0 saturated carbocycles. The van der Waals surface area contributed by atoms with Gasteiger partial charge in [0.2, 0.25) is 0 Å². The maximum atomic E-state index is 11.5. The van der Waals surface area contributed by atoms with Crippen molar-refractivity contribution in [3.63, 3.8) is 0 Å². The lowest BCUT2D eigenvalue weighted by molar-refractivity contribution is -0.145. The molecule has 1 amide bonds. The van der Waals surface area contributed by atoms with E-state index in [1.165, 1.54) is 0 Å². The third-order valence-electron chi connectivity index (χ3n) is 2.24. The minimum atomic E-state index is -1.02. The molecule has 1 unspecified atom stereocenters. The van der Waals surface area contributed by atoms with Crippen molar-refractivity contribution in [2.45, 2.75) is 25.5 Å². The molecule has 0 spiro atoms. The standard InChI is InChI=1S/C9H16N2O4/c1-2-6(9(13)14)11-8(12)7-5-10-3-4-15-7/h6-7,10H,2-5H2,1H3,(H,11,12)(H,13,14)/t6-,7?/m1/s1. The minimum Gasteiger partial charge on any atom is -0.480 e. The zero-order valence-electron chi connectivity index (χ0n) is 8.66. The van der Waals surface area contributed by atoms with Crippen molar-refractivity contribution in [1.29, 1.82) is 0 Å². The second kappa shape index (κ2) is 5.67. The molecule has 1 saturated heterocycles.